The first-order chi connectivity index (χ1) is 6.47. The lowest BCUT2D eigenvalue weighted by Gasteiger charge is -2.12. The second-order valence-electron chi connectivity index (χ2n) is 3.01. The molecule has 1 amide bonds. The van der Waals surface area contributed by atoms with E-state index in [-0.39, 0.29) is 18.4 Å². The molecule has 0 fully saturated rings. The minimum absolute atomic E-state index is 0.0107. The molecule has 0 aliphatic rings. The molecule has 0 aromatic carbocycles. The Labute approximate surface area is 87.4 Å². The highest BCUT2D eigenvalue weighted by Crippen LogP contribution is 2.15. The van der Waals surface area contributed by atoms with E-state index in [0.29, 0.717) is 5.75 Å². The summed E-state index contributed by atoms with van der Waals surface area (Å²) in [6, 6.07) is -0.0634. The number of rotatable bonds is 6. The fourth-order valence-corrected chi connectivity index (χ4v) is 1.70. The van der Waals surface area contributed by atoms with E-state index in [2.05, 4.69) is 5.32 Å². The molecule has 0 rings (SSSR count). The van der Waals surface area contributed by atoms with Crippen molar-refractivity contribution in [2.24, 2.45) is 5.73 Å². The Morgan fingerprint density at radius 2 is 2.14 bits per heavy atom. The third-order valence-corrected chi connectivity index (χ3v) is 2.97. The van der Waals surface area contributed by atoms with Crippen LogP contribution in [0.3, 0.4) is 0 Å². The van der Waals surface area contributed by atoms with Crippen LogP contribution in [0, 0.1) is 0 Å². The summed E-state index contributed by atoms with van der Waals surface area (Å²) in [7, 11) is 1.48. The van der Waals surface area contributed by atoms with E-state index in [1.807, 2.05) is 0 Å². The lowest BCUT2D eigenvalue weighted by Crippen LogP contribution is -2.29. The number of carbonyl (C=O) groups excluding carboxylic acids is 1. The molecule has 0 aliphatic carbocycles. The maximum atomic E-state index is 11.0. The van der Waals surface area contributed by atoms with Gasteiger partial charge >= 0.3 is 5.97 Å². The molecule has 0 bridgehead atoms. The van der Waals surface area contributed by atoms with Crippen molar-refractivity contribution in [3.63, 3.8) is 0 Å². The van der Waals surface area contributed by atoms with Crippen LogP contribution in [-0.2, 0) is 9.59 Å². The monoisotopic (exact) mass is 220 g/mol. The van der Waals surface area contributed by atoms with Crippen molar-refractivity contribution >= 4 is 23.6 Å². The van der Waals surface area contributed by atoms with Crippen LogP contribution in [0.25, 0.3) is 0 Å². The van der Waals surface area contributed by atoms with Crippen LogP contribution in [-0.4, -0.2) is 41.1 Å². The van der Waals surface area contributed by atoms with Crippen molar-refractivity contribution in [2.45, 2.75) is 24.6 Å². The average molecular weight is 220 g/mol. The fourth-order valence-electron chi connectivity index (χ4n) is 0.756. The lowest BCUT2D eigenvalue weighted by atomic mass is 10.3. The molecule has 2 unspecified atom stereocenters. The van der Waals surface area contributed by atoms with Crippen molar-refractivity contribution in [2.75, 3.05) is 12.8 Å². The average Bonchev–Trinajstić information content (AvgIpc) is 2.10. The molecule has 0 heterocycles. The number of amides is 1. The van der Waals surface area contributed by atoms with Gasteiger partial charge in [-0.05, 0) is 6.92 Å². The Kier molecular flexibility index (Phi) is 6.31. The summed E-state index contributed by atoms with van der Waals surface area (Å²) in [5.74, 6) is -0.706. The zero-order valence-electron chi connectivity index (χ0n) is 8.32. The smallest absolute Gasteiger partial charge is 0.317 e. The van der Waals surface area contributed by atoms with Gasteiger partial charge in [-0.3, -0.25) is 9.59 Å². The molecule has 0 aromatic heterocycles. The van der Waals surface area contributed by atoms with Gasteiger partial charge in [0.1, 0.15) is 5.25 Å². The van der Waals surface area contributed by atoms with Gasteiger partial charge in [0.25, 0.3) is 0 Å². The number of hydrogen-bond acceptors (Lipinski definition) is 4. The maximum Gasteiger partial charge on any atom is 0.317 e. The first-order valence-corrected chi connectivity index (χ1v) is 5.32. The number of nitrogens with one attached hydrogen (secondary N) is 1. The minimum Gasteiger partial charge on any atom is -0.480 e. The predicted octanol–water partition coefficient (Wildman–Crippen LogP) is -0.344. The molecule has 0 saturated heterocycles. The Morgan fingerprint density at radius 3 is 2.50 bits per heavy atom. The predicted molar refractivity (Wildman–Crippen MR) is 56.2 cm³/mol. The number of carboxylic acids is 1. The minimum atomic E-state index is -0.973. The third kappa shape index (κ3) is 5.82. The number of thioether (sulfide) groups is 1. The Balaban J connectivity index is 4.03. The first-order valence-electron chi connectivity index (χ1n) is 4.28. The molecule has 2 atom stereocenters. The van der Waals surface area contributed by atoms with Crippen LogP contribution >= 0.6 is 11.8 Å². The van der Waals surface area contributed by atoms with Crippen molar-refractivity contribution in [1.29, 1.82) is 0 Å². The van der Waals surface area contributed by atoms with Gasteiger partial charge in [0.05, 0.1) is 0 Å². The number of carbonyl (C=O) groups is 2. The summed E-state index contributed by atoms with van der Waals surface area (Å²) in [6.45, 7) is 1.80. The maximum absolute atomic E-state index is 11.0. The molecule has 0 aromatic rings. The van der Waals surface area contributed by atoms with Crippen LogP contribution < -0.4 is 11.1 Å². The summed E-state index contributed by atoms with van der Waals surface area (Å²) in [5.41, 5.74) is 5.49. The summed E-state index contributed by atoms with van der Waals surface area (Å²) in [4.78, 5) is 21.7. The number of carboxylic acid groups (broad SMARTS) is 1. The lowest BCUT2D eigenvalue weighted by molar-refractivity contribution is -0.138. The summed E-state index contributed by atoms with van der Waals surface area (Å²) >= 11 is 1.20. The SMILES string of the molecule is CNC(=O)CC(SCC(C)N)C(=O)O. The Hall–Kier alpha value is -0.750. The second-order valence-corrected chi connectivity index (χ2v) is 4.25. The molecule has 0 spiro atoms. The number of hydrogen-bond donors (Lipinski definition) is 3. The Bertz CT molecular complexity index is 209. The van der Waals surface area contributed by atoms with Crippen LogP contribution in [0.15, 0.2) is 0 Å². The van der Waals surface area contributed by atoms with Crippen LogP contribution in [0.5, 0.6) is 0 Å². The second kappa shape index (κ2) is 6.67. The van der Waals surface area contributed by atoms with Gasteiger partial charge < -0.3 is 16.2 Å². The van der Waals surface area contributed by atoms with Crippen molar-refractivity contribution in [3.05, 3.63) is 0 Å². The standard InChI is InChI=1S/C8H16N2O3S/c1-5(9)4-14-6(8(12)13)3-7(11)10-2/h5-6H,3-4,9H2,1-2H3,(H,10,11)(H,12,13). The summed E-state index contributed by atoms with van der Waals surface area (Å²) < 4.78 is 0. The van der Waals surface area contributed by atoms with E-state index in [4.69, 9.17) is 10.8 Å². The molecule has 0 aliphatic heterocycles. The quantitative estimate of drug-likeness (QED) is 0.569. The van der Waals surface area contributed by atoms with E-state index in [1.165, 1.54) is 18.8 Å². The van der Waals surface area contributed by atoms with Gasteiger partial charge in [-0.2, -0.15) is 0 Å². The van der Waals surface area contributed by atoms with Gasteiger partial charge in [-0.25, -0.2) is 0 Å². The van der Waals surface area contributed by atoms with Gasteiger partial charge in [0, 0.05) is 25.3 Å². The van der Waals surface area contributed by atoms with E-state index in [9.17, 15) is 9.59 Å². The first kappa shape index (κ1) is 13.2. The zero-order chi connectivity index (χ0) is 11.1. The van der Waals surface area contributed by atoms with Crippen LogP contribution in [0.4, 0.5) is 0 Å². The molecular formula is C8H16N2O3S. The topological polar surface area (TPSA) is 92.4 Å². The highest BCUT2D eigenvalue weighted by molar-refractivity contribution is 8.00. The molecule has 82 valence electrons. The number of nitrogens with two attached hydrogens (primary N) is 1. The zero-order valence-corrected chi connectivity index (χ0v) is 9.13. The van der Waals surface area contributed by atoms with Crippen LogP contribution in [0.1, 0.15) is 13.3 Å². The van der Waals surface area contributed by atoms with E-state index >= 15 is 0 Å². The molecule has 4 N–H and O–H groups in total. The largest absolute Gasteiger partial charge is 0.480 e. The van der Waals surface area contributed by atoms with E-state index in [0.717, 1.165) is 0 Å². The molecule has 0 saturated carbocycles. The highest BCUT2D eigenvalue weighted by atomic mass is 32.2. The third-order valence-electron chi connectivity index (χ3n) is 1.49. The molecule has 0 radical (unpaired) electrons. The van der Waals surface area contributed by atoms with Crippen molar-refractivity contribution < 1.29 is 14.7 Å². The van der Waals surface area contributed by atoms with Gasteiger partial charge in [-0.15, -0.1) is 11.8 Å². The van der Waals surface area contributed by atoms with Crippen molar-refractivity contribution in [3.8, 4) is 0 Å². The van der Waals surface area contributed by atoms with Gasteiger partial charge in [-0.1, -0.05) is 0 Å². The fraction of sp³-hybridized carbons (Fsp3) is 0.750. The normalized spacial score (nSPS) is 14.5. The Morgan fingerprint density at radius 1 is 1.57 bits per heavy atom. The molecular weight excluding hydrogens is 204 g/mol. The van der Waals surface area contributed by atoms with Gasteiger partial charge in [0.2, 0.25) is 5.91 Å². The van der Waals surface area contributed by atoms with E-state index < -0.39 is 11.2 Å². The molecule has 14 heavy (non-hydrogen) atoms. The highest BCUT2D eigenvalue weighted by Gasteiger charge is 2.21. The summed E-state index contributed by atoms with van der Waals surface area (Å²) in [5, 5.41) is 10.5. The number of aliphatic carboxylic acids is 1. The summed E-state index contributed by atoms with van der Waals surface area (Å²) in [6.07, 6.45) is -0.0107. The van der Waals surface area contributed by atoms with Crippen molar-refractivity contribution in [1.82, 2.24) is 5.32 Å². The van der Waals surface area contributed by atoms with Gasteiger partial charge in [0.15, 0.2) is 0 Å². The van der Waals surface area contributed by atoms with E-state index in [1.54, 1.807) is 6.92 Å². The molecule has 6 heteroatoms. The van der Waals surface area contributed by atoms with Crippen LogP contribution in [0.2, 0.25) is 0 Å². The molecule has 5 nitrogen and oxygen atoms in total.